The van der Waals surface area contributed by atoms with E-state index in [2.05, 4.69) is 10.6 Å². The summed E-state index contributed by atoms with van der Waals surface area (Å²) in [6.07, 6.45) is 2.83. The van der Waals surface area contributed by atoms with Gasteiger partial charge in [-0.15, -0.1) is 0 Å². The number of carbonyl (C=O) groups excluding carboxylic acids is 2. The number of rotatable bonds is 7. The van der Waals surface area contributed by atoms with Crippen LogP contribution < -0.4 is 15.4 Å². The summed E-state index contributed by atoms with van der Waals surface area (Å²) in [6.45, 7) is -0.263. The van der Waals surface area contributed by atoms with Crippen molar-refractivity contribution in [1.82, 2.24) is 10.6 Å². The van der Waals surface area contributed by atoms with Gasteiger partial charge in [0.2, 0.25) is 0 Å². The van der Waals surface area contributed by atoms with Crippen molar-refractivity contribution >= 4 is 33.3 Å². The molecule has 3 saturated carbocycles. The number of amides is 2. The number of sulfone groups is 1. The lowest BCUT2D eigenvalue weighted by molar-refractivity contribution is -0.141. The van der Waals surface area contributed by atoms with Gasteiger partial charge in [-0.1, -0.05) is 17.7 Å². The molecule has 0 spiro atoms. The quantitative estimate of drug-likeness (QED) is 0.652. The van der Waals surface area contributed by atoms with Crippen LogP contribution in [0.1, 0.15) is 29.6 Å². The van der Waals surface area contributed by atoms with E-state index in [9.17, 15) is 22.4 Å². The topological polar surface area (TPSA) is 102 Å². The third kappa shape index (κ3) is 4.38. The molecular weight excluding hydrogens is 447 g/mol. The Morgan fingerprint density at radius 1 is 1.10 bits per heavy atom. The third-order valence-corrected chi connectivity index (χ3v) is 7.02. The summed E-state index contributed by atoms with van der Waals surface area (Å²) in [7, 11) is -3.40. The van der Waals surface area contributed by atoms with E-state index in [1.807, 2.05) is 0 Å². The summed E-state index contributed by atoms with van der Waals surface area (Å²) in [5.41, 5.74) is -0.506. The normalized spacial score (nSPS) is 23.8. The van der Waals surface area contributed by atoms with Gasteiger partial charge in [0.25, 0.3) is 11.8 Å². The maximum Gasteiger partial charge on any atom is 0.258 e. The maximum atomic E-state index is 13.4. The Bertz CT molecular complexity index is 1160. The Labute approximate surface area is 183 Å². The Kier molecular flexibility index (Phi) is 5.21. The number of nitrogens with one attached hydrogen (secondary N) is 2. The molecule has 0 heterocycles. The van der Waals surface area contributed by atoms with Gasteiger partial charge >= 0.3 is 0 Å². The van der Waals surface area contributed by atoms with Crippen LogP contribution in [0.25, 0.3) is 0 Å². The van der Waals surface area contributed by atoms with Crippen LogP contribution in [-0.4, -0.2) is 44.2 Å². The number of hydrogen-bond donors (Lipinski definition) is 2. The molecule has 3 fully saturated rings. The molecule has 7 nitrogen and oxygen atoms in total. The molecule has 3 aliphatic rings. The first kappa shape index (κ1) is 21.6. The molecule has 2 aromatic carbocycles. The number of ether oxygens (including phenoxy) is 1. The minimum absolute atomic E-state index is 0.0268. The van der Waals surface area contributed by atoms with E-state index in [1.54, 1.807) is 6.07 Å². The van der Waals surface area contributed by atoms with Crippen molar-refractivity contribution in [3.8, 4) is 5.75 Å². The molecule has 0 unspecified atom stereocenters. The van der Waals surface area contributed by atoms with Crippen LogP contribution in [0.4, 0.5) is 4.39 Å². The second-order valence-corrected chi connectivity index (χ2v) is 10.7. The van der Waals surface area contributed by atoms with Gasteiger partial charge < -0.3 is 15.4 Å². The highest BCUT2D eigenvalue weighted by Gasteiger charge is 2.69. The van der Waals surface area contributed by atoms with E-state index in [1.165, 1.54) is 30.3 Å². The summed E-state index contributed by atoms with van der Waals surface area (Å²) < 4.78 is 42.1. The largest absolute Gasteiger partial charge is 0.484 e. The lowest BCUT2D eigenvalue weighted by atomic mass is 9.44. The van der Waals surface area contributed by atoms with Gasteiger partial charge in [-0.3, -0.25) is 9.59 Å². The summed E-state index contributed by atoms with van der Waals surface area (Å²) in [5, 5.41) is 5.83. The molecule has 0 aromatic heterocycles. The van der Waals surface area contributed by atoms with Crippen LogP contribution in [-0.2, 0) is 14.6 Å². The minimum Gasteiger partial charge on any atom is -0.484 e. The molecule has 31 heavy (non-hydrogen) atoms. The highest BCUT2D eigenvalue weighted by molar-refractivity contribution is 7.90. The first-order chi connectivity index (χ1) is 14.5. The standard InChI is InChI=1S/C21H20ClFN2O5S/c1-31(28,29)15-4-2-3-13(7-15)19(27)25-21-10-20(11-21,12-21)24-18(26)9-30-14-5-6-16(22)17(23)8-14/h2-8H,9-12H2,1H3,(H,24,26)(H,25,27). The van der Waals surface area contributed by atoms with Crippen molar-refractivity contribution in [1.29, 1.82) is 0 Å². The van der Waals surface area contributed by atoms with Gasteiger partial charge in [0.15, 0.2) is 16.4 Å². The second kappa shape index (κ2) is 7.49. The number of hydrogen-bond acceptors (Lipinski definition) is 5. The average molecular weight is 467 g/mol. The first-order valence-electron chi connectivity index (χ1n) is 9.51. The van der Waals surface area contributed by atoms with Crippen molar-refractivity contribution in [3.63, 3.8) is 0 Å². The highest BCUT2D eigenvalue weighted by atomic mass is 35.5. The molecule has 0 atom stereocenters. The number of halogens is 2. The zero-order valence-electron chi connectivity index (χ0n) is 16.6. The number of carbonyl (C=O) groups is 2. The van der Waals surface area contributed by atoms with E-state index in [-0.39, 0.29) is 45.2 Å². The van der Waals surface area contributed by atoms with Crippen LogP contribution in [0.3, 0.4) is 0 Å². The van der Waals surface area contributed by atoms with Gasteiger partial charge in [0, 0.05) is 29.0 Å². The van der Waals surface area contributed by atoms with Crippen molar-refractivity contribution in [2.75, 3.05) is 12.9 Å². The molecular formula is C21H20ClFN2O5S. The molecule has 0 aliphatic heterocycles. The molecule has 10 heteroatoms. The third-order valence-electron chi connectivity index (χ3n) is 5.60. The summed E-state index contributed by atoms with van der Waals surface area (Å²) in [5.74, 6) is -1.11. The maximum absolute atomic E-state index is 13.4. The van der Waals surface area contributed by atoms with Crippen LogP contribution in [0.15, 0.2) is 47.4 Å². The minimum atomic E-state index is -3.40. The highest BCUT2D eigenvalue weighted by Crippen LogP contribution is 2.60. The van der Waals surface area contributed by atoms with E-state index < -0.39 is 21.2 Å². The molecule has 3 aliphatic carbocycles. The van der Waals surface area contributed by atoms with Gasteiger partial charge in [-0.25, -0.2) is 12.8 Å². The van der Waals surface area contributed by atoms with Gasteiger partial charge in [-0.2, -0.15) is 0 Å². The summed E-state index contributed by atoms with van der Waals surface area (Å²) in [4.78, 5) is 24.8. The molecule has 164 valence electrons. The predicted molar refractivity (Wildman–Crippen MR) is 111 cm³/mol. The average Bonchev–Trinajstić information content (AvgIpc) is 2.65. The van der Waals surface area contributed by atoms with Crippen LogP contribution in [0.2, 0.25) is 5.02 Å². The van der Waals surface area contributed by atoms with Crippen LogP contribution in [0, 0.1) is 5.82 Å². The number of benzene rings is 2. The van der Waals surface area contributed by atoms with Crippen molar-refractivity contribution < 1.29 is 27.1 Å². The fraction of sp³-hybridized carbons (Fsp3) is 0.333. The first-order valence-corrected chi connectivity index (χ1v) is 11.8. The van der Waals surface area contributed by atoms with Crippen molar-refractivity contribution in [2.24, 2.45) is 0 Å². The van der Waals surface area contributed by atoms with E-state index in [4.69, 9.17) is 16.3 Å². The lowest BCUT2D eigenvalue weighted by Gasteiger charge is -2.70. The van der Waals surface area contributed by atoms with E-state index in [0.717, 1.165) is 12.3 Å². The van der Waals surface area contributed by atoms with Gasteiger partial charge in [-0.05, 0) is 49.6 Å². The fourth-order valence-electron chi connectivity index (χ4n) is 4.28. The Morgan fingerprint density at radius 2 is 1.77 bits per heavy atom. The molecule has 2 aromatic rings. The predicted octanol–water partition coefficient (Wildman–Crippen LogP) is 2.48. The summed E-state index contributed by atoms with van der Waals surface area (Å²) in [6, 6.07) is 9.82. The van der Waals surface area contributed by atoms with E-state index >= 15 is 0 Å². The van der Waals surface area contributed by atoms with Gasteiger partial charge in [0.1, 0.15) is 11.6 Å². The Hall–Kier alpha value is -2.65. The molecule has 5 rings (SSSR count). The molecule has 0 radical (unpaired) electrons. The van der Waals surface area contributed by atoms with Crippen LogP contribution >= 0.6 is 11.6 Å². The monoisotopic (exact) mass is 466 g/mol. The SMILES string of the molecule is CS(=O)(=O)c1cccc(C(=O)NC23CC(NC(=O)COc4ccc(Cl)c(F)c4)(C2)C3)c1. The smallest absolute Gasteiger partial charge is 0.258 e. The Balaban J connectivity index is 1.27. The molecule has 2 N–H and O–H groups in total. The van der Waals surface area contributed by atoms with Crippen molar-refractivity contribution in [2.45, 2.75) is 35.2 Å². The second-order valence-electron chi connectivity index (χ2n) is 8.26. The van der Waals surface area contributed by atoms with Gasteiger partial charge in [0.05, 0.1) is 9.92 Å². The fourth-order valence-corrected chi connectivity index (χ4v) is 5.07. The molecule has 0 saturated heterocycles. The zero-order chi connectivity index (χ0) is 22.4. The molecule has 2 amide bonds. The Morgan fingerprint density at radius 3 is 2.42 bits per heavy atom. The van der Waals surface area contributed by atoms with Crippen LogP contribution in [0.5, 0.6) is 5.75 Å². The molecule has 2 bridgehead atoms. The summed E-state index contributed by atoms with van der Waals surface area (Å²) >= 11 is 5.61. The van der Waals surface area contributed by atoms with E-state index in [0.29, 0.717) is 19.3 Å². The zero-order valence-corrected chi connectivity index (χ0v) is 18.1. The van der Waals surface area contributed by atoms with Crippen molar-refractivity contribution in [3.05, 3.63) is 58.9 Å². The lowest BCUT2D eigenvalue weighted by Crippen LogP contribution is -2.84.